The monoisotopic (exact) mass is 330 g/mol. The number of halogens is 2. The van der Waals surface area contributed by atoms with E-state index >= 15 is 0 Å². The highest BCUT2D eigenvalue weighted by Crippen LogP contribution is 2.27. The molecule has 1 aliphatic rings. The Morgan fingerprint density at radius 1 is 1.56 bits per heavy atom. The van der Waals surface area contributed by atoms with Crippen molar-refractivity contribution in [1.82, 2.24) is 4.90 Å². The lowest BCUT2D eigenvalue weighted by atomic mass is 10.3. The summed E-state index contributed by atoms with van der Waals surface area (Å²) in [6, 6.07) is 6.04. The van der Waals surface area contributed by atoms with Crippen LogP contribution in [-0.4, -0.2) is 29.9 Å². The molecule has 0 saturated heterocycles. The number of carbonyl (C=O) groups excluding carboxylic acids is 1. The molecule has 0 bridgehead atoms. The lowest BCUT2D eigenvalue weighted by molar-refractivity contribution is -0.129. The van der Waals surface area contributed by atoms with Gasteiger partial charge in [-0.25, -0.2) is 0 Å². The first-order valence-electron chi connectivity index (χ1n) is 6.10. The van der Waals surface area contributed by atoms with Gasteiger partial charge in [0.1, 0.15) is 0 Å². The molecule has 0 radical (unpaired) electrons. The summed E-state index contributed by atoms with van der Waals surface area (Å²) < 4.78 is 0.928. The molecule has 0 unspecified atom stereocenters. The standard InChI is InChI=1S/C13H16BrClN2O/c1-2-17(10-4-5-10)13(18)8-16-12-6-3-9(14)7-11(12)15/h3,6-7,10,16H,2,4-5,8H2,1H3. The van der Waals surface area contributed by atoms with Crippen LogP contribution < -0.4 is 5.32 Å². The lowest BCUT2D eigenvalue weighted by Crippen LogP contribution is -2.37. The first-order valence-corrected chi connectivity index (χ1v) is 7.27. The van der Waals surface area contributed by atoms with E-state index in [0.717, 1.165) is 29.5 Å². The molecule has 1 aromatic carbocycles. The fourth-order valence-electron chi connectivity index (χ4n) is 1.93. The fourth-order valence-corrected chi connectivity index (χ4v) is 2.67. The number of hydrogen-bond donors (Lipinski definition) is 1. The van der Waals surface area contributed by atoms with E-state index < -0.39 is 0 Å². The third-order valence-electron chi connectivity index (χ3n) is 3.01. The Bertz CT molecular complexity index is 449. The van der Waals surface area contributed by atoms with Crippen molar-refractivity contribution in [2.24, 2.45) is 0 Å². The van der Waals surface area contributed by atoms with Gasteiger partial charge in [0.05, 0.1) is 17.3 Å². The van der Waals surface area contributed by atoms with Gasteiger partial charge in [0.2, 0.25) is 5.91 Å². The number of benzene rings is 1. The third-order valence-corrected chi connectivity index (χ3v) is 3.82. The quantitative estimate of drug-likeness (QED) is 0.895. The van der Waals surface area contributed by atoms with E-state index in [0.29, 0.717) is 17.6 Å². The molecule has 0 atom stereocenters. The number of amides is 1. The molecule has 0 aliphatic heterocycles. The SMILES string of the molecule is CCN(C(=O)CNc1ccc(Br)cc1Cl)C1CC1. The van der Waals surface area contributed by atoms with Gasteiger partial charge in [-0.3, -0.25) is 4.79 Å². The summed E-state index contributed by atoms with van der Waals surface area (Å²) in [6.07, 6.45) is 2.28. The first-order chi connectivity index (χ1) is 8.61. The van der Waals surface area contributed by atoms with Crippen molar-refractivity contribution in [3.8, 4) is 0 Å². The normalized spacial score (nSPS) is 14.4. The highest BCUT2D eigenvalue weighted by Gasteiger charge is 2.30. The summed E-state index contributed by atoms with van der Waals surface area (Å²) in [5.41, 5.74) is 0.792. The van der Waals surface area contributed by atoms with Crippen LogP contribution in [0.4, 0.5) is 5.69 Å². The molecule has 1 aromatic rings. The third kappa shape index (κ3) is 3.39. The number of nitrogens with one attached hydrogen (secondary N) is 1. The molecule has 1 saturated carbocycles. The molecular weight excluding hydrogens is 316 g/mol. The van der Waals surface area contributed by atoms with Gasteiger partial charge in [0.25, 0.3) is 0 Å². The molecule has 18 heavy (non-hydrogen) atoms. The van der Waals surface area contributed by atoms with Crippen molar-refractivity contribution in [1.29, 1.82) is 0 Å². The largest absolute Gasteiger partial charge is 0.375 e. The molecule has 0 spiro atoms. The van der Waals surface area contributed by atoms with E-state index in [2.05, 4.69) is 21.2 Å². The number of likely N-dealkylation sites (N-methyl/N-ethyl adjacent to an activating group) is 1. The lowest BCUT2D eigenvalue weighted by Gasteiger charge is -2.21. The van der Waals surface area contributed by atoms with Crippen LogP contribution >= 0.6 is 27.5 Å². The Balaban J connectivity index is 1.92. The number of hydrogen-bond acceptors (Lipinski definition) is 2. The van der Waals surface area contributed by atoms with E-state index in [1.807, 2.05) is 30.0 Å². The Hall–Kier alpha value is -0.740. The maximum absolute atomic E-state index is 12.0. The number of rotatable bonds is 5. The van der Waals surface area contributed by atoms with Gasteiger partial charge in [-0.1, -0.05) is 27.5 Å². The van der Waals surface area contributed by atoms with Crippen LogP contribution in [0.2, 0.25) is 5.02 Å². The van der Waals surface area contributed by atoms with Crippen molar-refractivity contribution in [3.63, 3.8) is 0 Å². The van der Waals surface area contributed by atoms with E-state index in [-0.39, 0.29) is 5.91 Å². The van der Waals surface area contributed by atoms with Crippen molar-refractivity contribution in [2.45, 2.75) is 25.8 Å². The van der Waals surface area contributed by atoms with Crippen LogP contribution in [-0.2, 0) is 4.79 Å². The van der Waals surface area contributed by atoms with Gasteiger partial charge in [-0.05, 0) is 38.0 Å². The molecule has 2 rings (SSSR count). The highest BCUT2D eigenvalue weighted by atomic mass is 79.9. The second kappa shape index (κ2) is 5.93. The van der Waals surface area contributed by atoms with Crippen molar-refractivity contribution >= 4 is 39.1 Å². The van der Waals surface area contributed by atoms with Gasteiger partial charge in [-0.15, -0.1) is 0 Å². The number of carbonyl (C=O) groups is 1. The highest BCUT2D eigenvalue weighted by molar-refractivity contribution is 9.10. The molecule has 1 fully saturated rings. The van der Waals surface area contributed by atoms with Crippen LogP contribution in [0.3, 0.4) is 0 Å². The summed E-state index contributed by atoms with van der Waals surface area (Å²) in [6.45, 7) is 3.09. The topological polar surface area (TPSA) is 32.3 Å². The van der Waals surface area contributed by atoms with Crippen LogP contribution in [0.25, 0.3) is 0 Å². The van der Waals surface area contributed by atoms with Crippen molar-refractivity contribution in [2.75, 3.05) is 18.4 Å². The number of anilines is 1. The Morgan fingerprint density at radius 2 is 2.28 bits per heavy atom. The molecule has 1 aliphatic carbocycles. The number of nitrogens with zero attached hydrogens (tertiary/aromatic N) is 1. The molecule has 3 nitrogen and oxygen atoms in total. The maximum Gasteiger partial charge on any atom is 0.242 e. The zero-order valence-electron chi connectivity index (χ0n) is 10.2. The predicted molar refractivity (Wildman–Crippen MR) is 78.1 cm³/mol. The van der Waals surface area contributed by atoms with Gasteiger partial charge in [-0.2, -0.15) is 0 Å². The minimum absolute atomic E-state index is 0.138. The zero-order chi connectivity index (χ0) is 13.1. The molecule has 5 heteroatoms. The molecule has 98 valence electrons. The summed E-state index contributed by atoms with van der Waals surface area (Å²) in [7, 11) is 0. The van der Waals surface area contributed by atoms with Crippen molar-refractivity contribution < 1.29 is 4.79 Å². The molecule has 0 aromatic heterocycles. The van der Waals surface area contributed by atoms with Gasteiger partial charge in [0, 0.05) is 17.1 Å². The smallest absolute Gasteiger partial charge is 0.242 e. The van der Waals surface area contributed by atoms with E-state index in [4.69, 9.17) is 11.6 Å². The summed E-state index contributed by atoms with van der Waals surface area (Å²) in [4.78, 5) is 13.9. The molecule has 1 amide bonds. The van der Waals surface area contributed by atoms with Gasteiger partial charge >= 0.3 is 0 Å². The van der Waals surface area contributed by atoms with Gasteiger partial charge < -0.3 is 10.2 Å². The Kier molecular flexibility index (Phi) is 4.51. The van der Waals surface area contributed by atoms with E-state index in [1.54, 1.807) is 0 Å². The van der Waals surface area contributed by atoms with Crippen LogP contribution in [0.15, 0.2) is 22.7 Å². The van der Waals surface area contributed by atoms with Crippen molar-refractivity contribution in [3.05, 3.63) is 27.7 Å². The fraction of sp³-hybridized carbons (Fsp3) is 0.462. The average molecular weight is 332 g/mol. The van der Waals surface area contributed by atoms with Crippen LogP contribution in [0.5, 0.6) is 0 Å². The summed E-state index contributed by atoms with van der Waals surface area (Å²) in [5, 5.41) is 3.71. The maximum atomic E-state index is 12.0. The average Bonchev–Trinajstić information content (AvgIpc) is 3.13. The summed E-state index contributed by atoms with van der Waals surface area (Å²) in [5.74, 6) is 0.138. The zero-order valence-corrected chi connectivity index (χ0v) is 12.6. The Labute approximate surface area is 121 Å². The Morgan fingerprint density at radius 3 is 2.83 bits per heavy atom. The first kappa shape index (κ1) is 13.7. The van der Waals surface area contributed by atoms with E-state index in [9.17, 15) is 4.79 Å². The van der Waals surface area contributed by atoms with Crippen LogP contribution in [0.1, 0.15) is 19.8 Å². The minimum atomic E-state index is 0.138. The molecule has 1 N–H and O–H groups in total. The summed E-state index contributed by atoms with van der Waals surface area (Å²) >= 11 is 9.43. The van der Waals surface area contributed by atoms with E-state index in [1.165, 1.54) is 0 Å². The second-order valence-electron chi connectivity index (χ2n) is 4.39. The van der Waals surface area contributed by atoms with Gasteiger partial charge in [0.15, 0.2) is 0 Å². The predicted octanol–water partition coefficient (Wildman–Crippen LogP) is 3.53. The second-order valence-corrected chi connectivity index (χ2v) is 5.71. The molecular formula is C13H16BrClN2O. The minimum Gasteiger partial charge on any atom is -0.375 e. The molecule has 0 heterocycles. The van der Waals surface area contributed by atoms with Crippen LogP contribution in [0, 0.1) is 0 Å².